The molecule has 27 heavy (non-hydrogen) atoms. The van der Waals surface area contributed by atoms with Crippen LogP contribution in [0.2, 0.25) is 5.02 Å². The second-order valence-corrected chi connectivity index (χ2v) is 8.73. The average Bonchev–Trinajstić information content (AvgIpc) is 3.09. The Morgan fingerprint density at radius 2 is 2.00 bits per heavy atom. The molecule has 2 aromatic rings. The van der Waals surface area contributed by atoms with Crippen LogP contribution in [0.4, 0.5) is 0 Å². The number of thiophene rings is 1. The van der Waals surface area contributed by atoms with Gasteiger partial charge in [-0.3, -0.25) is 4.90 Å². The summed E-state index contributed by atoms with van der Waals surface area (Å²) in [5.74, 6) is -0.319. The Morgan fingerprint density at radius 3 is 2.67 bits per heavy atom. The smallest absolute Gasteiger partial charge is 0.397 e. The van der Waals surface area contributed by atoms with E-state index >= 15 is 0 Å². The van der Waals surface area contributed by atoms with Crippen LogP contribution in [0.3, 0.4) is 0 Å². The quantitative estimate of drug-likeness (QED) is 0.474. The summed E-state index contributed by atoms with van der Waals surface area (Å²) in [6.07, 6.45) is 0.819. The van der Waals surface area contributed by atoms with E-state index in [9.17, 15) is 4.79 Å². The number of esters is 1. The van der Waals surface area contributed by atoms with Crippen molar-refractivity contribution in [3.8, 4) is 5.06 Å². The zero-order valence-corrected chi connectivity index (χ0v) is 17.8. The molecule has 0 saturated heterocycles. The number of rotatable bonds is 7. The number of halogens is 1. The summed E-state index contributed by atoms with van der Waals surface area (Å²) in [5.41, 5.74) is 1.88. The summed E-state index contributed by atoms with van der Waals surface area (Å²) < 4.78 is 21.1. The Balaban J connectivity index is 1.83. The minimum atomic E-state index is -1.39. The van der Waals surface area contributed by atoms with Gasteiger partial charge in [0.05, 0.1) is 7.11 Å². The van der Waals surface area contributed by atoms with Crippen molar-refractivity contribution in [2.45, 2.75) is 19.0 Å². The monoisotopic (exact) mass is 429 g/mol. The third kappa shape index (κ3) is 4.62. The van der Waals surface area contributed by atoms with Crippen LogP contribution in [0.1, 0.15) is 22.0 Å². The molecule has 1 aromatic heterocycles. The van der Waals surface area contributed by atoms with Crippen molar-refractivity contribution in [2.75, 3.05) is 27.9 Å². The zero-order chi connectivity index (χ0) is 19.4. The normalized spacial score (nSPS) is 15.4. The van der Waals surface area contributed by atoms with Gasteiger partial charge in [-0.25, -0.2) is 4.79 Å². The molecule has 0 N–H and O–H groups in total. The molecule has 0 radical (unpaired) electrons. The summed E-state index contributed by atoms with van der Waals surface area (Å²) in [6.45, 7) is 1.33. The van der Waals surface area contributed by atoms with Gasteiger partial charge in [-0.05, 0) is 29.7 Å². The van der Waals surface area contributed by atoms with Crippen LogP contribution in [0.5, 0.6) is 5.06 Å². The number of nitrogens with zero attached hydrogens (tertiary/aromatic N) is 1. The highest BCUT2D eigenvalue weighted by Crippen LogP contribution is 2.44. The van der Waals surface area contributed by atoms with Crippen molar-refractivity contribution in [1.82, 2.24) is 4.90 Å². The van der Waals surface area contributed by atoms with Gasteiger partial charge in [-0.2, -0.15) is 0 Å². The number of hydrogen-bond donors (Lipinski definition) is 0. The first-order valence-corrected chi connectivity index (χ1v) is 10.6. The van der Waals surface area contributed by atoms with Gasteiger partial charge in [0.2, 0.25) is 0 Å². The van der Waals surface area contributed by atoms with Gasteiger partial charge < -0.3 is 18.3 Å². The van der Waals surface area contributed by atoms with Crippen molar-refractivity contribution in [1.29, 1.82) is 0 Å². The Bertz CT molecular complexity index is 798. The van der Waals surface area contributed by atoms with Gasteiger partial charge in [0.1, 0.15) is 6.04 Å². The third-order valence-corrected chi connectivity index (χ3v) is 6.85. The van der Waals surface area contributed by atoms with E-state index in [4.69, 9.17) is 29.9 Å². The van der Waals surface area contributed by atoms with Crippen molar-refractivity contribution in [3.05, 3.63) is 51.4 Å². The Hall–Kier alpha value is -1.21. The van der Waals surface area contributed by atoms with E-state index in [1.54, 1.807) is 31.6 Å². The van der Waals surface area contributed by atoms with Gasteiger partial charge >= 0.3 is 14.6 Å². The third-order valence-electron chi connectivity index (χ3n) is 4.33. The number of ether oxygens (including phenoxy) is 1. The van der Waals surface area contributed by atoms with E-state index in [0.29, 0.717) is 11.6 Å². The van der Waals surface area contributed by atoms with Crippen LogP contribution in [0, 0.1) is 0 Å². The van der Waals surface area contributed by atoms with Crippen molar-refractivity contribution in [2.24, 2.45) is 0 Å². The maximum Gasteiger partial charge on any atom is 0.397 e. The molecule has 1 atom stereocenters. The van der Waals surface area contributed by atoms with E-state index in [0.717, 1.165) is 29.2 Å². The minimum Gasteiger partial charge on any atom is -0.468 e. The fraction of sp³-hybridized carbons (Fsp3) is 0.389. The number of carbonyl (C=O) groups excluding carboxylic acids is 1. The fourth-order valence-electron chi connectivity index (χ4n) is 3.10. The molecule has 6 nitrogen and oxygen atoms in total. The highest BCUT2D eigenvalue weighted by molar-refractivity contribution is 7.42. The number of fused-ring (bicyclic) bond motifs is 1. The lowest BCUT2D eigenvalue weighted by atomic mass is 10.0. The average molecular weight is 430 g/mol. The standard InChI is InChI=1S/C18H21ClNO5PS/c1-22-18(21)17(13-6-4-5-7-14(13)19)20-9-8-15-12(11-20)10-16(27-15)25-26(23-2)24-3/h4-7,10,17H,8-9,11H2,1-3H3. The second kappa shape index (κ2) is 9.32. The number of methoxy groups -OCH3 is 1. The topological polar surface area (TPSA) is 57.2 Å². The first kappa shape index (κ1) is 20.5. The molecule has 0 fully saturated rings. The summed E-state index contributed by atoms with van der Waals surface area (Å²) in [4.78, 5) is 15.9. The van der Waals surface area contributed by atoms with Gasteiger partial charge in [-0.1, -0.05) is 29.8 Å². The maximum atomic E-state index is 12.5. The summed E-state index contributed by atoms with van der Waals surface area (Å²) >= 11 is 7.94. The van der Waals surface area contributed by atoms with Gasteiger partial charge in [-0.15, -0.1) is 11.3 Å². The number of benzene rings is 1. The van der Waals surface area contributed by atoms with Gasteiger partial charge in [0.15, 0.2) is 5.06 Å². The highest BCUT2D eigenvalue weighted by Gasteiger charge is 2.33. The lowest BCUT2D eigenvalue weighted by molar-refractivity contribution is -0.147. The lowest BCUT2D eigenvalue weighted by Crippen LogP contribution is -2.38. The van der Waals surface area contributed by atoms with E-state index < -0.39 is 14.6 Å². The van der Waals surface area contributed by atoms with Crippen LogP contribution >= 0.6 is 31.5 Å². The molecule has 1 unspecified atom stereocenters. The van der Waals surface area contributed by atoms with Crippen molar-refractivity contribution < 1.29 is 23.1 Å². The Labute approximate surface area is 168 Å². The molecule has 9 heteroatoms. The van der Waals surface area contributed by atoms with Crippen LogP contribution in [0.25, 0.3) is 0 Å². The molecule has 0 aliphatic carbocycles. The molecule has 1 aliphatic heterocycles. The Kier molecular flexibility index (Phi) is 7.09. The van der Waals surface area contributed by atoms with E-state index in [1.807, 2.05) is 24.3 Å². The van der Waals surface area contributed by atoms with Crippen LogP contribution < -0.4 is 4.52 Å². The van der Waals surface area contributed by atoms with Crippen LogP contribution in [0.15, 0.2) is 30.3 Å². The molecule has 0 spiro atoms. The predicted octanol–water partition coefficient (Wildman–Crippen LogP) is 4.57. The largest absolute Gasteiger partial charge is 0.468 e. The molecule has 0 bridgehead atoms. The highest BCUT2D eigenvalue weighted by atomic mass is 35.5. The first-order valence-electron chi connectivity index (χ1n) is 8.31. The van der Waals surface area contributed by atoms with E-state index in [2.05, 4.69) is 4.90 Å². The number of hydrogen-bond acceptors (Lipinski definition) is 7. The predicted molar refractivity (Wildman–Crippen MR) is 106 cm³/mol. The lowest BCUT2D eigenvalue weighted by Gasteiger charge is -2.33. The molecule has 3 rings (SSSR count). The minimum absolute atomic E-state index is 0.319. The van der Waals surface area contributed by atoms with Gasteiger partial charge in [0.25, 0.3) is 0 Å². The van der Waals surface area contributed by atoms with E-state index in [1.165, 1.54) is 12.0 Å². The van der Waals surface area contributed by atoms with Crippen LogP contribution in [-0.4, -0.2) is 38.7 Å². The Morgan fingerprint density at radius 1 is 1.26 bits per heavy atom. The molecule has 0 amide bonds. The van der Waals surface area contributed by atoms with E-state index in [-0.39, 0.29) is 5.97 Å². The first-order chi connectivity index (χ1) is 13.1. The molecule has 146 valence electrons. The summed E-state index contributed by atoms with van der Waals surface area (Å²) in [7, 11) is 3.11. The summed E-state index contributed by atoms with van der Waals surface area (Å²) in [6, 6.07) is 8.82. The molecule has 2 heterocycles. The van der Waals surface area contributed by atoms with Crippen molar-refractivity contribution >= 4 is 37.5 Å². The molecule has 1 aliphatic rings. The number of carbonyl (C=O) groups is 1. The van der Waals surface area contributed by atoms with Gasteiger partial charge in [0, 0.05) is 37.2 Å². The molecule has 1 aromatic carbocycles. The molecular weight excluding hydrogens is 409 g/mol. The fourth-order valence-corrected chi connectivity index (χ4v) is 5.06. The van der Waals surface area contributed by atoms with Crippen LogP contribution in [-0.2, 0) is 31.5 Å². The van der Waals surface area contributed by atoms with Crippen molar-refractivity contribution in [3.63, 3.8) is 0 Å². The molecular formula is C18H21ClNO5PS. The zero-order valence-electron chi connectivity index (χ0n) is 15.3. The SMILES string of the molecule is COC(=O)C(c1ccccc1Cl)N1CCc2sc(OP(OC)OC)cc2C1. The maximum absolute atomic E-state index is 12.5. The molecule has 0 saturated carbocycles. The second-order valence-electron chi connectivity index (χ2n) is 5.86. The summed E-state index contributed by atoms with van der Waals surface area (Å²) in [5, 5.41) is 1.31.